The Morgan fingerprint density at radius 3 is 2.55 bits per heavy atom. The molecule has 1 heterocycles. The van der Waals surface area contributed by atoms with E-state index in [0.29, 0.717) is 6.54 Å². The predicted molar refractivity (Wildman–Crippen MR) is 77.3 cm³/mol. The Kier molecular flexibility index (Phi) is 3.08. The van der Waals surface area contributed by atoms with Crippen LogP contribution in [0.3, 0.4) is 0 Å². The minimum Gasteiger partial charge on any atom is -0.351 e. The fourth-order valence-corrected chi connectivity index (χ4v) is 2.70. The highest BCUT2D eigenvalue weighted by Gasteiger charge is 2.50. The molecule has 104 valence electrons. The zero-order chi connectivity index (χ0) is 14.2. The molecule has 1 aliphatic rings. The molecule has 4 nitrogen and oxygen atoms in total. The summed E-state index contributed by atoms with van der Waals surface area (Å²) in [4.78, 5) is 12.5. The Bertz CT molecular complexity index is 607. The van der Waals surface area contributed by atoms with Gasteiger partial charge in [0.15, 0.2) is 0 Å². The van der Waals surface area contributed by atoms with Crippen molar-refractivity contribution in [2.24, 2.45) is 0 Å². The maximum atomic E-state index is 12.5. The smallest absolute Gasteiger partial charge is 0.230 e. The highest BCUT2D eigenvalue weighted by molar-refractivity contribution is 5.91. The molecular formula is C16H19N3O. The van der Waals surface area contributed by atoms with Gasteiger partial charge in [0, 0.05) is 17.8 Å². The molecule has 2 N–H and O–H groups in total. The van der Waals surface area contributed by atoms with E-state index in [1.807, 2.05) is 44.2 Å². The molecule has 0 radical (unpaired) electrons. The predicted octanol–water partition coefficient (Wildman–Crippen LogP) is 2.37. The molecule has 1 aromatic heterocycles. The molecule has 1 aromatic carbocycles. The Balaban J connectivity index is 1.72. The van der Waals surface area contributed by atoms with Gasteiger partial charge < -0.3 is 5.32 Å². The van der Waals surface area contributed by atoms with Gasteiger partial charge in [0.05, 0.1) is 11.1 Å². The molecule has 0 bridgehead atoms. The number of amides is 1. The lowest BCUT2D eigenvalue weighted by Gasteiger charge is -2.15. The van der Waals surface area contributed by atoms with Crippen molar-refractivity contribution < 1.29 is 4.79 Å². The first-order chi connectivity index (χ1) is 9.63. The van der Waals surface area contributed by atoms with Crippen LogP contribution in [0.1, 0.15) is 35.4 Å². The van der Waals surface area contributed by atoms with Crippen LogP contribution in [0.4, 0.5) is 0 Å². The molecule has 4 heteroatoms. The number of aromatic amines is 1. The monoisotopic (exact) mass is 269 g/mol. The first-order valence-corrected chi connectivity index (χ1v) is 6.98. The standard InChI is InChI=1S/C16H19N3O/c1-11-14(12(2)19-18-11)10-17-15(20)16(8-9-16)13-6-4-3-5-7-13/h3-7H,8-10H2,1-2H3,(H,17,20)(H,18,19). The number of H-pyrrole nitrogens is 1. The highest BCUT2D eigenvalue weighted by Crippen LogP contribution is 2.48. The molecule has 1 amide bonds. The Hall–Kier alpha value is -2.10. The van der Waals surface area contributed by atoms with E-state index in [-0.39, 0.29) is 11.3 Å². The number of carbonyl (C=O) groups excluding carboxylic acids is 1. The van der Waals surface area contributed by atoms with Crippen LogP contribution in [-0.4, -0.2) is 16.1 Å². The van der Waals surface area contributed by atoms with Gasteiger partial charge in [-0.25, -0.2) is 0 Å². The van der Waals surface area contributed by atoms with E-state index in [0.717, 1.165) is 35.4 Å². The van der Waals surface area contributed by atoms with Crippen molar-refractivity contribution in [2.45, 2.75) is 38.6 Å². The summed E-state index contributed by atoms with van der Waals surface area (Å²) < 4.78 is 0. The lowest BCUT2D eigenvalue weighted by Crippen LogP contribution is -2.34. The number of rotatable bonds is 4. The minimum absolute atomic E-state index is 0.128. The fraction of sp³-hybridized carbons (Fsp3) is 0.375. The maximum Gasteiger partial charge on any atom is 0.230 e. The second-order valence-corrected chi connectivity index (χ2v) is 5.54. The zero-order valence-electron chi connectivity index (χ0n) is 11.9. The molecule has 0 saturated heterocycles. The quantitative estimate of drug-likeness (QED) is 0.895. The second-order valence-electron chi connectivity index (χ2n) is 5.54. The summed E-state index contributed by atoms with van der Waals surface area (Å²) in [6.45, 7) is 4.47. The molecule has 1 fully saturated rings. The highest BCUT2D eigenvalue weighted by atomic mass is 16.2. The van der Waals surface area contributed by atoms with Gasteiger partial charge in [-0.2, -0.15) is 5.10 Å². The lowest BCUT2D eigenvalue weighted by molar-refractivity contribution is -0.123. The van der Waals surface area contributed by atoms with Crippen LogP contribution in [0.25, 0.3) is 0 Å². The number of aromatic nitrogens is 2. The summed E-state index contributed by atoms with van der Waals surface area (Å²) in [7, 11) is 0. The van der Waals surface area contributed by atoms with Crippen LogP contribution in [0.5, 0.6) is 0 Å². The van der Waals surface area contributed by atoms with E-state index in [2.05, 4.69) is 15.5 Å². The van der Waals surface area contributed by atoms with E-state index >= 15 is 0 Å². The summed E-state index contributed by atoms with van der Waals surface area (Å²) in [5.74, 6) is 0.128. The molecule has 2 aromatic rings. The summed E-state index contributed by atoms with van der Waals surface area (Å²) in [5, 5.41) is 10.2. The van der Waals surface area contributed by atoms with E-state index in [9.17, 15) is 4.79 Å². The van der Waals surface area contributed by atoms with Gasteiger partial charge in [-0.15, -0.1) is 0 Å². The second kappa shape index (κ2) is 4.78. The number of hydrogen-bond donors (Lipinski definition) is 2. The van der Waals surface area contributed by atoms with Crippen LogP contribution in [0.15, 0.2) is 30.3 Å². The minimum atomic E-state index is -0.299. The van der Waals surface area contributed by atoms with Crippen molar-refractivity contribution in [3.05, 3.63) is 52.8 Å². The van der Waals surface area contributed by atoms with Gasteiger partial charge in [0.2, 0.25) is 5.91 Å². The van der Waals surface area contributed by atoms with E-state index in [1.54, 1.807) is 0 Å². The molecule has 0 spiro atoms. The fourth-order valence-electron chi connectivity index (χ4n) is 2.70. The number of hydrogen-bond acceptors (Lipinski definition) is 2. The average molecular weight is 269 g/mol. The molecule has 1 aliphatic carbocycles. The van der Waals surface area contributed by atoms with Gasteiger partial charge in [0.1, 0.15) is 0 Å². The van der Waals surface area contributed by atoms with Gasteiger partial charge in [-0.1, -0.05) is 30.3 Å². The summed E-state index contributed by atoms with van der Waals surface area (Å²) >= 11 is 0. The van der Waals surface area contributed by atoms with Gasteiger partial charge >= 0.3 is 0 Å². The zero-order valence-corrected chi connectivity index (χ0v) is 11.9. The Labute approximate surface area is 118 Å². The van der Waals surface area contributed by atoms with Crippen LogP contribution >= 0.6 is 0 Å². The van der Waals surface area contributed by atoms with Gasteiger partial charge in [0.25, 0.3) is 0 Å². The number of benzene rings is 1. The summed E-state index contributed by atoms with van der Waals surface area (Å²) in [5.41, 5.74) is 3.88. The topological polar surface area (TPSA) is 57.8 Å². The molecule has 1 saturated carbocycles. The molecule has 0 atom stereocenters. The van der Waals surface area contributed by atoms with Gasteiger partial charge in [-0.05, 0) is 32.3 Å². The third-order valence-corrected chi connectivity index (χ3v) is 4.22. The van der Waals surface area contributed by atoms with Crippen molar-refractivity contribution in [1.29, 1.82) is 0 Å². The van der Waals surface area contributed by atoms with Crippen molar-refractivity contribution in [3.8, 4) is 0 Å². The molecule has 0 aliphatic heterocycles. The van der Waals surface area contributed by atoms with Crippen molar-refractivity contribution in [2.75, 3.05) is 0 Å². The van der Waals surface area contributed by atoms with Crippen LogP contribution in [-0.2, 0) is 16.8 Å². The first-order valence-electron chi connectivity index (χ1n) is 6.98. The number of nitrogens with zero attached hydrogens (tertiary/aromatic N) is 1. The summed E-state index contributed by atoms with van der Waals surface area (Å²) in [6.07, 6.45) is 1.87. The van der Waals surface area contributed by atoms with Crippen molar-refractivity contribution >= 4 is 5.91 Å². The Morgan fingerprint density at radius 1 is 1.30 bits per heavy atom. The third-order valence-electron chi connectivity index (χ3n) is 4.22. The normalized spacial score (nSPS) is 15.9. The SMILES string of the molecule is Cc1n[nH]c(C)c1CNC(=O)C1(c2ccccc2)CC1. The molecule has 0 unspecified atom stereocenters. The van der Waals surface area contributed by atoms with Crippen LogP contribution < -0.4 is 5.32 Å². The lowest BCUT2D eigenvalue weighted by atomic mass is 9.95. The molecule has 20 heavy (non-hydrogen) atoms. The largest absolute Gasteiger partial charge is 0.351 e. The maximum absolute atomic E-state index is 12.5. The first kappa shape index (κ1) is 12.9. The number of aryl methyl sites for hydroxylation is 2. The van der Waals surface area contributed by atoms with Crippen molar-refractivity contribution in [3.63, 3.8) is 0 Å². The van der Waals surface area contributed by atoms with E-state index in [1.165, 1.54) is 0 Å². The van der Waals surface area contributed by atoms with E-state index < -0.39 is 0 Å². The van der Waals surface area contributed by atoms with Gasteiger partial charge in [-0.3, -0.25) is 9.89 Å². The third kappa shape index (κ3) is 2.11. The van der Waals surface area contributed by atoms with E-state index in [4.69, 9.17) is 0 Å². The molecular weight excluding hydrogens is 250 g/mol. The van der Waals surface area contributed by atoms with Crippen LogP contribution in [0, 0.1) is 13.8 Å². The number of carbonyl (C=O) groups is 1. The molecule has 3 rings (SSSR count). The average Bonchev–Trinajstić information content (AvgIpc) is 3.22. The van der Waals surface area contributed by atoms with Crippen molar-refractivity contribution in [1.82, 2.24) is 15.5 Å². The summed E-state index contributed by atoms with van der Waals surface area (Å²) in [6, 6.07) is 10.1. The number of nitrogens with one attached hydrogen (secondary N) is 2. The van der Waals surface area contributed by atoms with Crippen LogP contribution in [0.2, 0.25) is 0 Å². The Morgan fingerprint density at radius 2 is 2.00 bits per heavy atom.